The van der Waals surface area contributed by atoms with E-state index < -0.39 is 15.8 Å². The highest BCUT2D eigenvalue weighted by atomic mass is 79.9. The lowest BCUT2D eigenvalue weighted by molar-refractivity contribution is 0.0697. The molecule has 1 fully saturated rings. The average Bonchev–Trinajstić information content (AvgIpc) is 2.26. The number of aromatic carboxylic acids is 1. The van der Waals surface area contributed by atoms with Gasteiger partial charge in [0.15, 0.2) is 9.84 Å². The van der Waals surface area contributed by atoms with Gasteiger partial charge in [-0.25, -0.2) is 13.2 Å². The molecule has 0 bridgehead atoms. The molecule has 1 atom stereocenters. The number of carbonyl (C=O) groups is 1. The molecule has 1 saturated heterocycles. The van der Waals surface area contributed by atoms with Gasteiger partial charge in [-0.3, -0.25) is 0 Å². The molecule has 1 unspecified atom stereocenters. The van der Waals surface area contributed by atoms with Gasteiger partial charge in [0.05, 0.1) is 22.8 Å². The monoisotopic (exact) mass is 347 g/mol. The van der Waals surface area contributed by atoms with Gasteiger partial charge >= 0.3 is 5.97 Å². The predicted molar refractivity (Wildman–Crippen MR) is 76.4 cm³/mol. The topological polar surface area (TPSA) is 83.5 Å². The van der Waals surface area contributed by atoms with E-state index in [4.69, 9.17) is 0 Å². The van der Waals surface area contributed by atoms with Crippen molar-refractivity contribution in [1.82, 2.24) is 0 Å². The summed E-state index contributed by atoms with van der Waals surface area (Å²) < 4.78 is 23.6. The number of benzene rings is 1. The normalized spacial score (nSPS) is 21.8. The van der Waals surface area contributed by atoms with Crippen LogP contribution in [-0.4, -0.2) is 37.0 Å². The van der Waals surface area contributed by atoms with Crippen molar-refractivity contribution in [2.45, 2.75) is 18.9 Å². The third kappa shape index (κ3) is 3.48. The molecule has 0 aromatic heterocycles. The Kier molecular flexibility index (Phi) is 4.15. The van der Waals surface area contributed by atoms with E-state index in [9.17, 15) is 18.3 Å². The zero-order valence-electron chi connectivity index (χ0n) is 10.1. The van der Waals surface area contributed by atoms with Crippen LogP contribution in [0.1, 0.15) is 23.2 Å². The van der Waals surface area contributed by atoms with Crippen molar-refractivity contribution < 1.29 is 18.3 Å². The fourth-order valence-electron chi connectivity index (χ4n) is 2.22. The Morgan fingerprint density at radius 3 is 2.79 bits per heavy atom. The van der Waals surface area contributed by atoms with Gasteiger partial charge < -0.3 is 10.4 Å². The van der Waals surface area contributed by atoms with Crippen LogP contribution in [0.3, 0.4) is 0 Å². The number of sulfone groups is 1. The van der Waals surface area contributed by atoms with Gasteiger partial charge in [-0.05, 0) is 40.9 Å². The summed E-state index contributed by atoms with van der Waals surface area (Å²) >= 11 is 3.20. The summed E-state index contributed by atoms with van der Waals surface area (Å²) in [6, 6.07) is 4.78. The maximum Gasteiger partial charge on any atom is 0.338 e. The summed E-state index contributed by atoms with van der Waals surface area (Å²) in [6.07, 6.45) is 1.33. The zero-order valence-corrected chi connectivity index (χ0v) is 12.5. The standard InChI is InChI=1S/C12H14BrNO4S/c13-9-4-1-5-10(11(9)12(15)16)14-8-3-2-6-19(17,18)7-8/h1,4-5,8,14H,2-3,6-7H2,(H,15,16). The van der Waals surface area contributed by atoms with Gasteiger partial charge in [-0.2, -0.15) is 0 Å². The van der Waals surface area contributed by atoms with Crippen LogP contribution in [0.4, 0.5) is 5.69 Å². The molecule has 0 amide bonds. The molecule has 1 aliphatic heterocycles. The third-order valence-corrected chi connectivity index (χ3v) is 5.53. The summed E-state index contributed by atoms with van der Waals surface area (Å²) in [5.41, 5.74) is 0.578. The van der Waals surface area contributed by atoms with Gasteiger partial charge in [0.1, 0.15) is 0 Å². The number of carboxylic acid groups (broad SMARTS) is 1. The Morgan fingerprint density at radius 2 is 2.16 bits per heavy atom. The number of halogens is 1. The van der Waals surface area contributed by atoms with Crippen molar-refractivity contribution >= 4 is 37.4 Å². The Balaban J connectivity index is 2.24. The van der Waals surface area contributed by atoms with Gasteiger partial charge in [0.2, 0.25) is 0 Å². The Bertz CT molecular complexity index is 600. The first-order valence-electron chi connectivity index (χ1n) is 5.88. The molecule has 5 nitrogen and oxygen atoms in total. The summed E-state index contributed by atoms with van der Waals surface area (Å²) in [5, 5.41) is 12.2. The zero-order chi connectivity index (χ0) is 14.0. The lowest BCUT2D eigenvalue weighted by atomic mass is 10.1. The van der Waals surface area contributed by atoms with Crippen LogP contribution in [0.5, 0.6) is 0 Å². The molecule has 7 heteroatoms. The van der Waals surface area contributed by atoms with Crippen molar-refractivity contribution in [1.29, 1.82) is 0 Å². The smallest absolute Gasteiger partial charge is 0.338 e. The maximum atomic E-state index is 11.6. The summed E-state index contributed by atoms with van der Waals surface area (Å²) in [6.45, 7) is 0. The number of hydrogen-bond acceptors (Lipinski definition) is 4. The first-order valence-corrected chi connectivity index (χ1v) is 8.49. The predicted octanol–water partition coefficient (Wildman–Crippen LogP) is 2.14. The second-order valence-electron chi connectivity index (χ2n) is 4.57. The molecular weight excluding hydrogens is 334 g/mol. The Hall–Kier alpha value is -1.08. The summed E-state index contributed by atoms with van der Waals surface area (Å²) in [5.74, 6) is -0.776. The first kappa shape index (κ1) is 14.3. The molecule has 19 heavy (non-hydrogen) atoms. The number of carboxylic acids is 1. The van der Waals surface area contributed by atoms with E-state index >= 15 is 0 Å². The molecule has 104 valence electrons. The largest absolute Gasteiger partial charge is 0.478 e. The molecule has 1 aromatic rings. The lowest BCUT2D eigenvalue weighted by Gasteiger charge is -2.24. The maximum absolute atomic E-state index is 11.6. The molecule has 0 saturated carbocycles. The van der Waals surface area contributed by atoms with Gasteiger partial charge in [0.25, 0.3) is 0 Å². The second kappa shape index (κ2) is 5.50. The highest BCUT2D eigenvalue weighted by Crippen LogP contribution is 2.27. The van der Waals surface area contributed by atoms with Crippen LogP contribution in [0.25, 0.3) is 0 Å². The number of rotatable bonds is 3. The Morgan fingerprint density at radius 1 is 1.42 bits per heavy atom. The SMILES string of the molecule is O=C(O)c1c(Br)cccc1NC1CCCS(=O)(=O)C1. The lowest BCUT2D eigenvalue weighted by Crippen LogP contribution is -2.35. The van der Waals surface area contributed by atoms with E-state index in [0.717, 1.165) is 6.42 Å². The van der Waals surface area contributed by atoms with Crippen molar-refractivity contribution in [2.24, 2.45) is 0 Å². The van der Waals surface area contributed by atoms with Crippen LogP contribution in [-0.2, 0) is 9.84 Å². The van der Waals surface area contributed by atoms with Crippen LogP contribution in [0.15, 0.2) is 22.7 Å². The molecule has 1 aliphatic rings. The fraction of sp³-hybridized carbons (Fsp3) is 0.417. The van der Waals surface area contributed by atoms with Crippen molar-refractivity contribution in [2.75, 3.05) is 16.8 Å². The molecule has 1 heterocycles. The quantitative estimate of drug-likeness (QED) is 0.874. The van der Waals surface area contributed by atoms with Crippen LogP contribution < -0.4 is 5.32 Å². The van der Waals surface area contributed by atoms with Crippen LogP contribution in [0, 0.1) is 0 Å². The highest BCUT2D eigenvalue weighted by molar-refractivity contribution is 9.10. The van der Waals surface area contributed by atoms with Gasteiger partial charge in [0, 0.05) is 10.5 Å². The molecule has 2 N–H and O–H groups in total. The molecule has 2 rings (SSSR count). The third-order valence-electron chi connectivity index (χ3n) is 3.05. The average molecular weight is 348 g/mol. The minimum absolute atomic E-state index is 0.0541. The van der Waals surface area contributed by atoms with E-state index in [1.165, 1.54) is 0 Å². The van der Waals surface area contributed by atoms with Crippen molar-refractivity contribution in [3.05, 3.63) is 28.2 Å². The van der Waals surface area contributed by atoms with E-state index in [0.29, 0.717) is 16.6 Å². The highest BCUT2D eigenvalue weighted by Gasteiger charge is 2.26. The number of hydrogen-bond donors (Lipinski definition) is 2. The van der Waals surface area contributed by atoms with Gasteiger partial charge in [-0.15, -0.1) is 0 Å². The minimum atomic E-state index is -3.02. The second-order valence-corrected chi connectivity index (χ2v) is 7.65. The van der Waals surface area contributed by atoms with Crippen molar-refractivity contribution in [3.8, 4) is 0 Å². The molecular formula is C12H14BrNO4S. The summed E-state index contributed by atoms with van der Waals surface area (Å²) in [4.78, 5) is 11.2. The first-order chi connectivity index (χ1) is 8.89. The van der Waals surface area contributed by atoms with Crippen LogP contribution >= 0.6 is 15.9 Å². The van der Waals surface area contributed by atoms with Gasteiger partial charge in [-0.1, -0.05) is 6.07 Å². The van der Waals surface area contributed by atoms with E-state index in [1.54, 1.807) is 18.2 Å². The molecule has 1 aromatic carbocycles. The van der Waals surface area contributed by atoms with E-state index in [1.807, 2.05) is 0 Å². The van der Waals surface area contributed by atoms with E-state index in [2.05, 4.69) is 21.2 Å². The summed E-state index contributed by atoms with van der Waals surface area (Å²) in [7, 11) is -3.02. The number of anilines is 1. The minimum Gasteiger partial charge on any atom is -0.478 e. The molecule has 0 aliphatic carbocycles. The van der Waals surface area contributed by atoms with E-state index in [-0.39, 0.29) is 23.1 Å². The molecule has 0 spiro atoms. The number of nitrogens with one attached hydrogen (secondary N) is 1. The van der Waals surface area contributed by atoms with Crippen LogP contribution in [0.2, 0.25) is 0 Å². The molecule has 0 radical (unpaired) electrons. The fourth-order valence-corrected chi connectivity index (χ4v) is 4.39. The Labute approximate surface area is 120 Å². The van der Waals surface area contributed by atoms with Crippen molar-refractivity contribution in [3.63, 3.8) is 0 Å².